The summed E-state index contributed by atoms with van der Waals surface area (Å²) in [6.45, 7) is 4.88. The van der Waals surface area contributed by atoms with E-state index in [1.165, 1.54) is 6.07 Å². The summed E-state index contributed by atoms with van der Waals surface area (Å²) in [4.78, 5) is 32.6. The zero-order valence-electron chi connectivity index (χ0n) is 12.8. The number of carbonyl (C=O) groups is 2. The summed E-state index contributed by atoms with van der Waals surface area (Å²) in [5.74, 6) is -2.29. The molecule has 2 N–H and O–H groups in total. The zero-order valence-corrected chi connectivity index (χ0v) is 12.8. The number of hydrogen-bond donors (Lipinski definition) is 2. The van der Waals surface area contributed by atoms with Crippen molar-refractivity contribution in [2.45, 2.75) is 38.8 Å². The number of ether oxygens (including phenoxy) is 1. The van der Waals surface area contributed by atoms with Crippen molar-refractivity contribution in [2.75, 3.05) is 0 Å². The standard InChI is InChI=1S/C14H17FN2O6/c1-14(2,3)23-13(20)16-10(7-12(18)19)8-4-5-9(15)11(6-8)17(21)22/h4-6,10H,7H2,1-3H3,(H,16,20)(H,18,19). The molecule has 1 amide bonds. The number of hydrogen-bond acceptors (Lipinski definition) is 5. The predicted molar refractivity (Wildman–Crippen MR) is 77.4 cm³/mol. The lowest BCUT2D eigenvalue weighted by Crippen LogP contribution is -2.35. The van der Waals surface area contributed by atoms with Gasteiger partial charge in [0, 0.05) is 6.07 Å². The monoisotopic (exact) mass is 328 g/mol. The molecule has 23 heavy (non-hydrogen) atoms. The second-order valence-corrected chi connectivity index (χ2v) is 5.76. The van der Waals surface area contributed by atoms with Crippen molar-refractivity contribution >= 4 is 17.7 Å². The molecular formula is C14H17FN2O6. The molecule has 0 aromatic heterocycles. The maximum absolute atomic E-state index is 13.4. The largest absolute Gasteiger partial charge is 0.481 e. The summed E-state index contributed by atoms with van der Waals surface area (Å²) in [6, 6.07) is 1.81. The van der Waals surface area contributed by atoms with E-state index in [1.807, 2.05) is 0 Å². The van der Waals surface area contributed by atoms with E-state index in [9.17, 15) is 24.1 Å². The Bertz CT molecular complexity index is 626. The van der Waals surface area contributed by atoms with Crippen LogP contribution < -0.4 is 5.32 Å². The average molecular weight is 328 g/mol. The minimum absolute atomic E-state index is 0.0892. The first kappa shape index (κ1) is 18.3. The lowest BCUT2D eigenvalue weighted by Gasteiger charge is -2.23. The minimum Gasteiger partial charge on any atom is -0.481 e. The van der Waals surface area contributed by atoms with Gasteiger partial charge in [-0.1, -0.05) is 6.07 Å². The normalized spacial score (nSPS) is 12.3. The summed E-state index contributed by atoms with van der Waals surface area (Å²) < 4.78 is 18.4. The van der Waals surface area contributed by atoms with Crippen molar-refractivity contribution in [3.63, 3.8) is 0 Å². The highest BCUT2D eigenvalue weighted by molar-refractivity contribution is 5.72. The fourth-order valence-electron chi connectivity index (χ4n) is 1.76. The molecule has 8 nitrogen and oxygen atoms in total. The van der Waals surface area contributed by atoms with E-state index >= 15 is 0 Å². The summed E-state index contributed by atoms with van der Waals surface area (Å²) in [5, 5.41) is 22.0. The van der Waals surface area contributed by atoms with Crippen LogP contribution in [0.4, 0.5) is 14.9 Å². The molecule has 1 aromatic carbocycles. The Morgan fingerprint density at radius 1 is 1.43 bits per heavy atom. The molecule has 0 radical (unpaired) electrons. The maximum Gasteiger partial charge on any atom is 0.408 e. The number of amides is 1. The number of nitrogens with zero attached hydrogens (tertiary/aromatic N) is 1. The van der Waals surface area contributed by atoms with Crippen LogP contribution in [0.25, 0.3) is 0 Å². The highest BCUT2D eigenvalue weighted by atomic mass is 19.1. The quantitative estimate of drug-likeness (QED) is 0.633. The third-order valence-corrected chi connectivity index (χ3v) is 2.64. The molecule has 0 spiro atoms. The third-order valence-electron chi connectivity index (χ3n) is 2.64. The van der Waals surface area contributed by atoms with Gasteiger partial charge >= 0.3 is 17.7 Å². The average Bonchev–Trinajstić information content (AvgIpc) is 2.35. The second kappa shape index (κ2) is 7.03. The van der Waals surface area contributed by atoms with Crippen LogP contribution in [0.3, 0.4) is 0 Å². The lowest BCUT2D eigenvalue weighted by molar-refractivity contribution is -0.387. The topological polar surface area (TPSA) is 119 Å². The third kappa shape index (κ3) is 5.89. The fraction of sp³-hybridized carbons (Fsp3) is 0.429. The van der Waals surface area contributed by atoms with E-state index in [0.717, 1.165) is 12.1 Å². The Balaban J connectivity index is 3.07. The van der Waals surface area contributed by atoms with Crippen LogP contribution in [0.2, 0.25) is 0 Å². The molecule has 0 fully saturated rings. The molecule has 0 saturated carbocycles. The minimum atomic E-state index is -1.24. The smallest absolute Gasteiger partial charge is 0.408 e. The summed E-state index contributed by atoms with van der Waals surface area (Å²) >= 11 is 0. The molecule has 0 bridgehead atoms. The van der Waals surface area contributed by atoms with Gasteiger partial charge in [-0.3, -0.25) is 14.9 Å². The number of benzene rings is 1. The van der Waals surface area contributed by atoms with Crippen molar-refractivity contribution < 1.29 is 28.7 Å². The molecule has 0 heterocycles. The summed E-state index contributed by atoms with van der Waals surface area (Å²) in [5.41, 5.74) is -1.51. The molecule has 1 aromatic rings. The van der Waals surface area contributed by atoms with Gasteiger partial charge in [0.25, 0.3) is 0 Å². The first-order valence-electron chi connectivity index (χ1n) is 6.65. The van der Waals surface area contributed by atoms with Gasteiger partial charge < -0.3 is 15.2 Å². The molecule has 1 atom stereocenters. The lowest BCUT2D eigenvalue weighted by atomic mass is 10.0. The molecule has 0 aliphatic heterocycles. The molecule has 9 heteroatoms. The molecule has 0 aliphatic rings. The summed E-state index contributed by atoms with van der Waals surface area (Å²) in [7, 11) is 0. The van der Waals surface area contributed by atoms with Crippen LogP contribution in [-0.4, -0.2) is 27.7 Å². The van der Waals surface area contributed by atoms with Gasteiger partial charge in [-0.2, -0.15) is 4.39 Å². The molecule has 1 rings (SSSR count). The number of nitro groups is 1. The predicted octanol–water partition coefficient (Wildman–Crippen LogP) is 2.77. The van der Waals surface area contributed by atoms with Crippen molar-refractivity contribution in [3.05, 3.63) is 39.7 Å². The first-order valence-corrected chi connectivity index (χ1v) is 6.65. The number of carboxylic acids is 1. The Morgan fingerprint density at radius 2 is 2.04 bits per heavy atom. The second-order valence-electron chi connectivity index (χ2n) is 5.76. The first-order chi connectivity index (χ1) is 10.5. The van der Waals surface area contributed by atoms with Gasteiger partial charge in [0.2, 0.25) is 5.82 Å². The van der Waals surface area contributed by atoms with Gasteiger partial charge in [-0.05, 0) is 32.4 Å². The Morgan fingerprint density at radius 3 is 2.52 bits per heavy atom. The van der Waals surface area contributed by atoms with Gasteiger partial charge in [0.15, 0.2) is 0 Å². The molecule has 0 aliphatic carbocycles. The zero-order chi connectivity index (χ0) is 17.8. The maximum atomic E-state index is 13.4. The van der Waals surface area contributed by atoms with Crippen molar-refractivity contribution in [3.8, 4) is 0 Å². The van der Waals surface area contributed by atoms with E-state index < -0.39 is 46.6 Å². The number of alkyl carbamates (subject to hydrolysis) is 1. The Kier molecular flexibility index (Phi) is 5.61. The molecule has 0 saturated heterocycles. The SMILES string of the molecule is CC(C)(C)OC(=O)NC(CC(=O)O)c1ccc(F)c([N+](=O)[O-])c1. The number of carbonyl (C=O) groups excluding carboxylic acids is 1. The molecule has 126 valence electrons. The van der Waals surface area contributed by atoms with Gasteiger partial charge in [-0.25, -0.2) is 4.79 Å². The van der Waals surface area contributed by atoms with E-state index in [0.29, 0.717) is 0 Å². The van der Waals surface area contributed by atoms with E-state index in [-0.39, 0.29) is 5.56 Å². The highest BCUT2D eigenvalue weighted by Crippen LogP contribution is 2.25. The van der Waals surface area contributed by atoms with Crippen LogP contribution in [0, 0.1) is 15.9 Å². The van der Waals surface area contributed by atoms with Gasteiger partial charge in [-0.15, -0.1) is 0 Å². The van der Waals surface area contributed by atoms with Crippen LogP contribution in [0.15, 0.2) is 18.2 Å². The van der Waals surface area contributed by atoms with Crippen LogP contribution >= 0.6 is 0 Å². The number of halogens is 1. The number of nitro benzene ring substituents is 1. The Labute approximate surface area is 131 Å². The molecular weight excluding hydrogens is 311 g/mol. The number of aliphatic carboxylic acids is 1. The van der Waals surface area contributed by atoms with Crippen molar-refractivity contribution in [1.82, 2.24) is 5.32 Å². The van der Waals surface area contributed by atoms with Gasteiger partial charge in [0.1, 0.15) is 5.60 Å². The van der Waals surface area contributed by atoms with E-state index in [4.69, 9.17) is 9.84 Å². The number of carboxylic acid groups (broad SMARTS) is 1. The van der Waals surface area contributed by atoms with Gasteiger partial charge in [0.05, 0.1) is 17.4 Å². The van der Waals surface area contributed by atoms with E-state index in [2.05, 4.69) is 5.32 Å². The van der Waals surface area contributed by atoms with E-state index in [1.54, 1.807) is 20.8 Å². The summed E-state index contributed by atoms with van der Waals surface area (Å²) in [6.07, 6.45) is -1.42. The highest BCUT2D eigenvalue weighted by Gasteiger charge is 2.25. The van der Waals surface area contributed by atoms with Crippen molar-refractivity contribution in [1.29, 1.82) is 0 Å². The number of nitrogens with one attached hydrogen (secondary N) is 1. The van der Waals surface area contributed by atoms with Crippen LogP contribution in [0.5, 0.6) is 0 Å². The Hall–Kier alpha value is -2.71. The molecule has 1 unspecified atom stereocenters. The van der Waals surface area contributed by atoms with Crippen LogP contribution in [-0.2, 0) is 9.53 Å². The van der Waals surface area contributed by atoms with Crippen molar-refractivity contribution in [2.24, 2.45) is 0 Å². The van der Waals surface area contributed by atoms with Crippen LogP contribution in [0.1, 0.15) is 38.8 Å². The number of rotatable bonds is 5. The fourth-order valence-corrected chi connectivity index (χ4v) is 1.76.